The van der Waals surface area contributed by atoms with Crippen LogP contribution >= 0.6 is 7.82 Å². The Morgan fingerprint density at radius 3 is 2.41 bits per heavy atom. The maximum atomic E-state index is 13.8. The summed E-state index contributed by atoms with van der Waals surface area (Å²) in [5.74, 6) is -0.747. The molecule has 1 unspecified atom stereocenters. The van der Waals surface area contributed by atoms with Crippen LogP contribution in [0, 0.1) is 12.7 Å². The zero-order chi connectivity index (χ0) is 25.6. The Morgan fingerprint density at radius 2 is 1.79 bits per heavy atom. The van der Waals surface area contributed by atoms with E-state index in [1.165, 1.54) is 18.2 Å². The van der Waals surface area contributed by atoms with Gasteiger partial charge in [-0.05, 0) is 61.9 Å². The van der Waals surface area contributed by atoms with Gasteiger partial charge in [0.2, 0.25) is 0 Å². The maximum Gasteiger partial charge on any atom is 0.469 e. The number of nitrogens with two attached hydrogens (primary N) is 1. The minimum atomic E-state index is -4.82. The lowest BCUT2D eigenvalue weighted by molar-refractivity contribution is -0.139. The number of aliphatic hydroxyl groups is 1. The van der Waals surface area contributed by atoms with Crippen molar-refractivity contribution in [2.45, 2.75) is 44.3 Å². The maximum absolute atomic E-state index is 13.8. The fourth-order valence-electron chi connectivity index (χ4n) is 3.22. The Morgan fingerprint density at radius 1 is 1.09 bits per heavy atom. The van der Waals surface area contributed by atoms with Gasteiger partial charge in [0.15, 0.2) is 0 Å². The van der Waals surface area contributed by atoms with Crippen molar-refractivity contribution in [2.75, 3.05) is 19.8 Å². The van der Waals surface area contributed by atoms with Gasteiger partial charge in [-0.2, -0.15) is 13.2 Å². The number of alkyl halides is 3. The normalized spacial score (nSPS) is 14.1. The van der Waals surface area contributed by atoms with Gasteiger partial charge in [-0.15, -0.1) is 0 Å². The van der Waals surface area contributed by atoms with Gasteiger partial charge < -0.3 is 25.4 Å². The van der Waals surface area contributed by atoms with Crippen LogP contribution in [-0.2, 0) is 28.1 Å². The van der Waals surface area contributed by atoms with Gasteiger partial charge in [0.05, 0.1) is 30.9 Å². The number of aryl methyl sites for hydroxylation is 3. The molecule has 0 radical (unpaired) electrons. The number of aliphatic hydroxyl groups excluding tert-OH is 1. The SMILES string of the molecule is Cc1ccc(F)c(CCCOc2ccc(CCC(N)(CO)COP(=O)(O)O)cc2C(F)(F)F)c1. The van der Waals surface area contributed by atoms with E-state index in [2.05, 4.69) is 4.52 Å². The molecule has 5 N–H and O–H groups in total. The van der Waals surface area contributed by atoms with Crippen molar-refractivity contribution in [1.29, 1.82) is 0 Å². The lowest BCUT2D eigenvalue weighted by atomic mass is 9.93. The topological polar surface area (TPSA) is 122 Å². The predicted octanol–water partition coefficient (Wildman–Crippen LogP) is 3.90. The highest BCUT2D eigenvalue weighted by Gasteiger charge is 2.35. The van der Waals surface area contributed by atoms with Crippen molar-refractivity contribution in [1.82, 2.24) is 0 Å². The van der Waals surface area contributed by atoms with E-state index in [0.29, 0.717) is 18.4 Å². The average molecular weight is 509 g/mol. The highest BCUT2D eigenvalue weighted by atomic mass is 31.2. The van der Waals surface area contributed by atoms with Crippen molar-refractivity contribution in [3.05, 3.63) is 64.5 Å². The third-order valence-electron chi connectivity index (χ3n) is 5.15. The summed E-state index contributed by atoms with van der Waals surface area (Å²) in [7, 11) is -4.82. The molecule has 0 fully saturated rings. The van der Waals surface area contributed by atoms with Crippen LogP contribution in [0.1, 0.15) is 35.1 Å². The lowest BCUT2D eigenvalue weighted by Gasteiger charge is -2.27. The highest BCUT2D eigenvalue weighted by molar-refractivity contribution is 7.46. The first-order valence-corrected chi connectivity index (χ1v) is 11.9. The molecule has 2 aromatic carbocycles. The fourth-order valence-corrected chi connectivity index (χ4v) is 3.65. The smallest absolute Gasteiger partial charge is 0.469 e. The Kier molecular flexibility index (Phi) is 9.64. The van der Waals surface area contributed by atoms with Crippen LogP contribution in [0.15, 0.2) is 36.4 Å². The number of phosphoric ester groups is 1. The molecular formula is C22H28F4NO6P. The van der Waals surface area contributed by atoms with Gasteiger partial charge >= 0.3 is 14.0 Å². The third kappa shape index (κ3) is 8.98. The average Bonchev–Trinajstić information content (AvgIpc) is 2.75. The number of benzene rings is 2. The van der Waals surface area contributed by atoms with Crippen LogP contribution in [0.3, 0.4) is 0 Å². The molecule has 0 saturated carbocycles. The summed E-state index contributed by atoms with van der Waals surface area (Å²) in [5, 5.41) is 9.44. The lowest BCUT2D eigenvalue weighted by Crippen LogP contribution is -2.48. The Hall–Kier alpha value is -2.01. The molecule has 0 amide bonds. The predicted molar refractivity (Wildman–Crippen MR) is 117 cm³/mol. The minimum Gasteiger partial charge on any atom is -0.493 e. The number of phosphoric acid groups is 1. The molecule has 0 bridgehead atoms. The molecule has 0 aromatic heterocycles. The van der Waals surface area contributed by atoms with Crippen molar-refractivity contribution in [3.8, 4) is 5.75 Å². The van der Waals surface area contributed by atoms with E-state index < -0.39 is 38.3 Å². The molecule has 0 aliphatic carbocycles. The quantitative estimate of drug-likeness (QED) is 0.195. The number of ether oxygens (including phenoxy) is 1. The molecule has 190 valence electrons. The molecular weight excluding hydrogens is 481 g/mol. The zero-order valence-corrected chi connectivity index (χ0v) is 19.4. The standard InChI is InChI=1S/C22H28F4NO6P/c1-15-4-6-19(23)17(11-15)3-2-10-32-20-7-5-16(12-18(20)22(24,25)26)8-9-21(27,13-28)14-33-34(29,30)31/h4-7,11-12,28H,2-3,8-10,13-14,27H2,1H3,(H2,29,30,31). The fraction of sp³-hybridized carbons (Fsp3) is 0.455. The van der Waals surface area contributed by atoms with Gasteiger partial charge in [-0.25, -0.2) is 8.96 Å². The van der Waals surface area contributed by atoms with Crippen molar-refractivity contribution >= 4 is 7.82 Å². The van der Waals surface area contributed by atoms with Gasteiger partial charge in [-0.3, -0.25) is 4.52 Å². The van der Waals surface area contributed by atoms with Crippen LogP contribution in [0.4, 0.5) is 17.6 Å². The second-order valence-corrected chi connectivity index (χ2v) is 9.40. The Bertz CT molecular complexity index is 1010. The number of halogens is 4. The molecule has 0 saturated heterocycles. The molecule has 0 aliphatic heterocycles. The molecule has 1 atom stereocenters. The summed E-state index contributed by atoms with van der Waals surface area (Å²) >= 11 is 0. The summed E-state index contributed by atoms with van der Waals surface area (Å²) in [6.07, 6.45) is -4.19. The summed E-state index contributed by atoms with van der Waals surface area (Å²) in [4.78, 5) is 17.6. The minimum absolute atomic E-state index is 0.0163. The van der Waals surface area contributed by atoms with Crippen LogP contribution in [0.5, 0.6) is 5.75 Å². The van der Waals surface area contributed by atoms with E-state index >= 15 is 0 Å². The molecule has 0 aliphatic rings. The van der Waals surface area contributed by atoms with E-state index in [0.717, 1.165) is 11.6 Å². The second-order valence-electron chi connectivity index (χ2n) is 8.16. The van der Waals surface area contributed by atoms with Crippen LogP contribution in [0.2, 0.25) is 0 Å². The van der Waals surface area contributed by atoms with Crippen LogP contribution in [0.25, 0.3) is 0 Å². The molecule has 34 heavy (non-hydrogen) atoms. The first-order chi connectivity index (χ1) is 15.7. The highest BCUT2D eigenvalue weighted by Crippen LogP contribution is 2.38. The van der Waals surface area contributed by atoms with Gasteiger partial charge in [0, 0.05) is 0 Å². The second kappa shape index (κ2) is 11.6. The molecule has 7 nitrogen and oxygen atoms in total. The zero-order valence-electron chi connectivity index (χ0n) is 18.5. The largest absolute Gasteiger partial charge is 0.493 e. The number of rotatable bonds is 12. The monoisotopic (exact) mass is 509 g/mol. The number of hydrogen-bond donors (Lipinski definition) is 4. The van der Waals surface area contributed by atoms with Gasteiger partial charge in [0.25, 0.3) is 0 Å². The molecule has 12 heteroatoms. The summed E-state index contributed by atoms with van der Waals surface area (Å²) in [6.45, 7) is 0.396. The first kappa shape index (κ1) is 28.2. The molecule has 2 aromatic rings. The van der Waals surface area contributed by atoms with Gasteiger partial charge in [0.1, 0.15) is 11.6 Å². The third-order valence-corrected chi connectivity index (χ3v) is 5.61. The molecule has 0 heterocycles. The molecule has 0 spiro atoms. The first-order valence-electron chi connectivity index (χ1n) is 10.4. The van der Waals surface area contributed by atoms with Crippen molar-refractivity contribution in [2.24, 2.45) is 5.73 Å². The Labute approximate surface area is 194 Å². The van der Waals surface area contributed by atoms with Crippen molar-refractivity contribution in [3.63, 3.8) is 0 Å². The van der Waals surface area contributed by atoms with E-state index in [9.17, 15) is 27.2 Å². The summed E-state index contributed by atoms with van der Waals surface area (Å²) in [5.41, 5.74) is 4.89. The van der Waals surface area contributed by atoms with E-state index in [4.69, 9.17) is 20.3 Å². The number of hydrogen-bond acceptors (Lipinski definition) is 5. The van der Waals surface area contributed by atoms with Crippen LogP contribution < -0.4 is 10.5 Å². The van der Waals surface area contributed by atoms with E-state index in [1.807, 2.05) is 6.92 Å². The van der Waals surface area contributed by atoms with Gasteiger partial charge in [-0.1, -0.05) is 23.8 Å². The summed E-state index contributed by atoms with van der Waals surface area (Å²) in [6, 6.07) is 8.14. The van der Waals surface area contributed by atoms with E-state index in [1.54, 1.807) is 12.1 Å². The molecule has 2 rings (SSSR count). The van der Waals surface area contributed by atoms with Crippen LogP contribution in [-0.4, -0.2) is 40.3 Å². The summed E-state index contributed by atoms with van der Waals surface area (Å²) < 4.78 is 75.1. The van der Waals surface area contributed by atoms with Crippen molar-refractivity contribution < 1.29 is 46.3 Å². The van der Waals surface area contributed by atoms with E-state index in [-0.39, 0.29) is 36.6 Å². The Balaban J connectivity index is 2.04.